The number of ether oxygens (including phenoxy) is 1. The van der Waals surface area contributed by atoms with E-state index in [1.54, 1.807) is 0 Å². The summed E-state index contributed by atoms with van der Waals surface area (Å²) in [5, 5.41) is 0. The average molecular weight is 141 g/mol. The van der Waals surface area contributed by atoms with Crippen LogP contribution in [0.15, 0.2) is 0 Å². The zero-order valence-corrected chi connectivity index (χ0v) is 6.04. The highest BCUT2D eigenvalue weighted by Crippen LogP contribution is 2.41. The molecule has 2 fully saturated rings. The molecule has 1 aliphatic carbocycles. The first-order valence-electron chi connectivity index (χ1n) is 3.67. The fourth-order valence-corrected chi connectivity index (χ4v) is 1.75. The molecular weight excluding hydrogens is 130 g/mol. The first-order chi connectivity index (χ1) is 4.83. The van der Waals surface area contributed by atoms with Gasteiger partial charge in [-0.1, -0.05) is 0 Å². The third-order valence-corrected chi connectivity index (χ3v) is 2.62. The Labute approximate surface area is 60.0 Å². The number of nitrogens with zero attached hydrogens (tertiary/aromatic N) is 1. The molecule has 0 spiro atoms. The van der Waals surface area contributed by atoms with E-state index in [1.165, 1.54) is 20.0 Å². The van der Waals surface area contributed by atoms with Crippen molar-refractivity contribution in [2.75, 3.05) is 13.7 Å². The highest BCUT2D eigenvalue weighted by Gasteiger charge is 2.48. The lowest BCUT2D eigenvalue weighted by Crippen LogP contribution is -2.63. The number of amides is 1. The van der Waals surface area contributed by atoms with E-state index in [0.29, 0.717) is 6.04 Å². The van der Waals surface area contributed by atoms with Crippen LogP contribution in [-0.4, -0.2) is 30.7 Å². The van der Waals surface area contributed by atoms with Gasteiger partial charge in [0.05, 0.1) is 7.11 Å². The third kappa shape index (κ3) is 0.576. The number of methoxy groups -OCH3 is 1. The fraction of sp³-hybridized carbons (Fsp3) is 0.857. The van der Waals surface area contributed by atoms with Gasteiger partial charge >= 0.3 is 6.09 Å². The maximum absolute atomic E-state index is 10.9. The van der Waals surface area contributed by atoms with Gasteiger partial charge in [-0.3, -0.25) is 0 Å². The molecule has 1 aliphatic heterocycles. The molecule has 2 unspecified atom stereocenters. The second-order valence-corrected chi connectivity index (χ2v) is 3.03. The summed E-state index contributed by atoms with van der Waals surface area (Å²) < 4.78 is 4.59. The van der Waals surface area contributed by atoms with Crippen LogP contribution >= 0.6 is 0 Å². The molecule has 0 radical (unpaired) electrons. The van der Waals surface area contributed by atoms with Crippen molar-refractivity contribution < 1.29 is 9.53 Å². The maximum Gasteiger partial charge on any atom is 0.409 e. The molecule has 1 saturated heterocycles. The highest BCUT2D eigenvalue weighted by molar-refractivity contribution is 5.69. The van der Waals surface area contributed by atoms with Gasteiger partial charge in [-0.05, 0) is 18.8 Å². The lowest BCUT2D eigenvalue weighted by atomic mass is 9.71. The van der Waals surface area contributed by atoms with Crippen molar-refractivity contribution in [2.24, 2.45) is 5.92 Å². The van der Waals surface area contributed by atoms with Crippen LogP contribution in [0.1, 0.15) is 12.8 Å². The number of carbonyl (C=O) groups excluding carboxylic acids is 1. The van der Waals surface area contributed by atoms with Crippen molar-refractivity contribution >= 4 is 6.09 Å². The molecule has 2 aliphatic rings. The zero-order valence-electron chi connectivity index (χ0n) is 6.04. The summed E-state index contributed by atoms with van der Waals surface area (Å²) >= 11 is 0. The summed E-state index contributed by atoms with van der Waals surface area (Å²) in [7, 11) is 1.44. The number of carbonyl (C=O) groups is 1. The van der Waals surface area contributed by atoms with E-state index in [0.717, 1.165) is 12.5 Å². The molecule has 2 atom stereocenters. The second-order valence-electron chi connectivity index (χ2n) is 3.03. The lowest BCUT2D eigenvalue weighted by Gasteiger charge is -2.54. The van der Waals surface area contributed by atoms with Crippen LogP contribution in [-0.2, 0) is 4.74 Å². The Balaban J connectivity index is 1.91. The zero-order chi connectivity index (χ0) is 7.14. The predicted octanol–water partition coefficient (Wildman–Crippen LogP) is 0.847. The molecule has 3 heteroatoms. The summed E-state index contributed by atoms with van der Waals surface area (Å²) in [6.07, 6.45) is 2.33. The van der Waals surface area contributed by atoms with E-state index in [9.17, 15) is 4.79 Å². The molecule has 3 nitrogen and oxygen atoms in total. The number of hydrogen-bond acceptors (Lipinski definition) is 2. The molecule has 0 N–H and O–H groups in total. The molecule has 1 amide bonds. The van der Waals surface area contributed by atoms with Gasteiger partial charge in [0.25, 0.3) is 0 Å². The summed E-state index contributed by atoms with van der Waals surface area (Å²) in [6, 6.07) is 0.535. The number of piperidine rings is 1. The van der Waals surface area contributed by atoms with Crippen LogP contribution in [0, 0.1) is 5.92 Å². The monoisotopic (exact) mass is 141 g/mol. The molecule has 0 bridgehead atoms. The van der Waals surface area contributed by atoms with Gasteiger partial charge in [-0.15, -0.1) is 0 Å². The first kappa shape index (κ1) is 6.01. The van der Waals surface area contributed by atoms with Crippen LogP contribution in [0.4, 0.5) is 4.79 Å². The van der Waals surface area contributed by atoms with Crippen LogP contribution < -0.4 is 0 Å². The normalized spacial score (nSPS) is 35.5. The third-order valence-electron chi connectivity index (χ3n) is 2.62. The van der Waals surface area contributed by atoms with E-state index in [-0.39, 0.29) is 6.09 Å². The molecule has 0 aromatic heterocycles. The highest BCUT2D eigenvalue weighted by atomic mass is 16.5. The smallest absolute Gasteiger partial charge is 0.409 e. The minimum atomic E-state index is -0.152. The Morgan fingerprint density at radius 3 is 2.70 bits per heavy atom. The molecule has 0 aromatic carbocycles. The van der Waals surface area contributed by atoms with E-state index in [1.807, 2.05) is 4.90 Å². The van der Waals surface area contributed by atoms with Crippen LogP contribution in [0.5, 0.6) is 0 Å². The largest absolute Gasteiger partial charge is 0.453 e. The van der Waals surface area contributed by atoms with Crippen molar-refractivity contribution in [1.82, 2.24) is 4.90 Å². The van der Waals surface area contributed by atoms with Crippen LogP contribution in [0.2, 0.25) is 0 Å². The number of rotatable bonds is 0. The Morgan fingerprint density at radius 1 is 1.60 bits per heavy atom. The Bertz CT molecular complexity index is 169. The van der Waals surface area contributed by atoms with E-state index in [4.69, 9.17) is 0 Å². The minimum absolute atomic E-state index is 0.152. The van der Waals surface area contributed by atoms with E-state index >= 15 is 0 Å². The first-order valence-corrected chi connectivity index (χ1v) is 3.67. The van der Waals surface area contributed by atoms with Crippen molar-refractivity contribution in [3.8, 4) is 0 Å². The van der Waals surface area contributed by atoms with Gasteiger partial charge in [0.2, 0.25) is 0 Å². The molecule has 2 rings (SSSR count). The number of likely N-dealkylation sites (tertiary alicyclic amines) is 1. The summed E-state index contributed by atoms with van der Waals surface area (Å²) in [6.45, 7) is 0.928. The van der Waals surface area contributed by atoms with Crippen LogP contribution in [0.25, 0.3) is 0 Å². The van der Waals surface area contributed by atoms with Gasteiger partial charge in [0, 0.05) is 12.6 Å². The Morgan fingerprint density at radius 2 is 2.40 bits per heavy atom. The maximum atomic E-state index is 10.9. The SMILES string of the molecule is COC(=O)N1CC2CCC21. The lowest BCUT2D eigenvalue weighted by molar-refractivity contribution is -0.0451. The summed E-state index contributed by atoms with van der Waals surface area (Å²) in [4.78, 5) is 12.7. The number of hydrogen-bond donors (Lipinski definition) is 0. The minimum Gasteiger partial charge on any atom is -0.453 e. The van der Waals surface area contributed by atoms with Gasteiger partial charge < -0.3 is 9.64 Å². The second kappa shape index (κ2) is 1.87. The Kier molecular flexibility index (Phi) is 1.13. The standard InChI is InChI=1S/C7H11NO2/c1-10-7(9)8-4-5-2-3-6(5)8/h5-6H,2-4H2,1H3. The predicted molar refractivity (Wildman–Crippen MR) is 35.6 cm³/mol. The van der Waals surface area contributed by atoms with Crippen molar-refractivity contribution in [3.63, 3.8) is 0 Å². The number of fused-ring (bicyclic) bond motifs is 1. The molecule has 0 aromatic rings. The fourth-order valence-electron chi connectivity index (χ4n) is 1.75. The van der Waals surface area contributed by atoms with Crippen molar-refractivity contribution in [1.29, 1.82) is 0 Å². The van der Waals surface area contributed by atoms with Crippen molar-refractivity contribution in [3.05, 3.63) is 0 Å². The molecular formula is C7H11NO2. The summed E-state index contributed by atoms with van der Waals surface area (Å²) in [5.74, 6) is 0.805. The quantitative estimate of drug-likeness (QED) is 0.500. The van der Waals surface area contributed by atoms with Crippen LogP contribution in [0.3, 0.4) is 0 Å². The Hall–Kier alpha value is -0.730. The van der Waals surface area contributed by atoms with Gasteiger partial charge in [-0.25, -0.2) is 4.79 Å². The topological polar surface area (TPSA) is 29.5 Å². The molecule has 56 valence electrons. The van der Waals surface area contributed by atoms with E-state index in [2.05, 4.69) is 4.74 Å². The summed E-state index contributed by atoms with van der Waals surface area (Å²) in [5.41, 5.74) is 0. The average Bonchev–Trinajstić information content (AvgIpc) is 1.93. The van der Waals surface area contributed by atoms with Crippen molar-refractivity contribution in [2.45, 2.75) is 18.9 Å². The van der Waals surface area contributed by atoms with Gasteiger partial charge in [0.15, 0.2) is 0 Å². The molecule has 1 saturated carbocycles. The van der Waals surface area contributed by atoms with Gasteiger partial charge in [-0.2, -0.15) is 0 Å². The van der Waals surface area contributed by atoms with Gasteiger partial charge in [0.1, 0.15) is 0 Å². The molecule has 10 heavy (non-hydrogen) atoms. The van der Waals surface area contributed by atoms with E-state index < -0.39 is 0 Å². The molecule has 1 heterocycles.